The SMILES string of the molecule is CCCNc1nccc(-c2cnc3ccccc3c2)n1. The molecule has 0 amide bonds. The molecule has 0 bridgehead atoms. The lowest BCUT2D eigenvalue weighted by Gasteiger charge is -2.06. The minimum absolute atomic E-state index is 0.664. The van der Waals surface area contributed by atoms with Gasteiger partial charge in [0, 0.05) is 29.9 Å². The van der Waals surface area contributed by atoms with Crippen LogP contribution in [0, 0.1) is 0 Å². The van der Waals surface area contributed by atoms with Gasteiger partial charge in [-0.1, -0.05) is 25.1 Å². The van der Waals surface area contributed by atoms with Crippen molar-refractivity contribution in [2.45, 2.75) is 13.3 Å². The zero-order chi connectivity index (χ0) is 13.8. The topological polar surface area (TPSA) is 50.7 Å². The Morgan fingerprint density at radius 3 is 2.90 bits per heavy atom. The fourth-order valence-electron chi connectivity index (χ4n) is 2.05. The molecule has 0 aliphatic heterocycles. The summed E-state index contributed by atoms with van der Waals surface area (Å²) in [5.41, 5.74) is 2.89. The Balaban J connectivity index is 1.97. The number of hydrogen-bond donors (Lipinski definition) is 1. The van der Waals surface area contributed by atoms with Gasteiger partial charge in [-0.15, -0.1) is 0 Å². The van der Waals surface area contributed by atoms with Crippen LogP contribution in [0.2, 0.25) is 0 Å². The van der Waals surface area contributed by atoms with Crippen molar-refractivity contribution in [2.75, 3.05) is 11.9 Å². The van der Waals surface area contributed by atoms with E-state index < -0.39 is 0 Å². The van der Waals surface area contributed by atoms with Crippen molar-refractivity contribution in [1.29, 1.82) is 0 Å². The van der Waals surface area contributed by atoms with E-state index in [0.29, 0.717) is 5.95 Å². The molecule has 0 spiro atoms. The third kappa shape index (κ3) is 2.59. The van der Waals surface area contributed by atoms with E-state index in [2.05, 4.69) is 39.3 Å². The molecule has 2 aromatic heterocycles. The largest absolute Gasteiger partial charge is 0.354 e. The minimum atomic E-state index is 0.664. The predicted molar refractivity (Wildman–Crippen MR) is 81.5 cm³/mol. The zero-order valence-corrected chi connectivity index (χ0v) is 11.4. The molecule has 0 fully saturated rings. The van der Waals surface area contributed by atoms with Gasteiger partial charge in [-0.25, -0.2) is 9.97 Å². The second-order valence-corrected chi connectivity index (χ2v) is 4.61. The molecule has 0 aliphatic carbocycles. The monoisotopic (exact) mass is 264 g/mol. The summed E-state index contributed by atoms with van der Waals surface area (Å²) in [5.74, 6) is 0.664. The summed E-state index contributed by atoms with van der Waals surface area (Å²) in [6, 6.07) is 12.1. The zero-order valence-electron chi connectivity index (χ0n) is 11.4. The van der Waals surface area contributed by atoms with Crippen LogP contribution in [0.5, 0.6) is 0 Å². The molecule has 0 saturated carbocycles. The molecular formula is C16H16N4. The van der Waals surface area contributed by atoms with Crippen molar-refractivity contribution in [1.82, 2.24) is 15.0 Å². The Morgan fingerprint density at radius 1 is 1.10 bits per heavy atom. The van der Waals surface area contributed by atoms with Crippen molar-refractivity contribution in [2.24, 2.45) is 0 Å². The second kappa shape index (κ2) is 5.65. The van der Waals surface area contributed by atoms with Crippen LogP contribution in [0.4, 0.5) is 5.95 Å². The molecule has 3 aromatic rings. The van der Waals surface area contributed by atoms with Crippen LogP contribution < -0.4 is 5.32 Å². The highest BCUT2D eigenvalue weighted by molar-refractivity contribution is 5.82. The van der Waals surface area contributed by atoms with Gasteiger partial charge in [0.1, 0.15) is 0 Å². The molecule has 1 N–H and O–H groups in total. The summed E-state index contributed by atoms with van der Waals surface area (Å²) in [7, 11) is 0. The van der Waals surface area contributed by atoms with Crippen LogP contribution in [-0.4, -0.2) is 21.5 Å². The molecule has 0 radical (unpaired) electrons. The van der Waals surface area contributed by atoms with Gasteiger partial charge >= 0.3 is 0 Å². The van der Waals surface area contributed by atoms with Gasteiger partial charge in [0.25, 0.3) is 0 Å². The first kappa shape index (κ1) is 12.5. The quantitative estimate of drug-likeness (QED) is 0.783. The molecule has 0 aliphatic rings. The van der Waals surface area contributed by atoms with Crippen molar-refractivity contribution >= 4 is 16.9 Å². The average molecular weight is 264 g/mol. The molecule has 2 heterocycles. The van der Waals surface area contributed by atoms with E-state index in [1.54, 1.807) is 6.20 Å². The Morgan fingerprint density at radius 2 is 2.00 bits per heavy atom. The Labute approximate surface area is 117 Å². The molecule has 0 atom stereocenters. The lowest BCUT2D eigenvalue weighted by molar-refractivity contribution is 0.953. The molecule has 0 saturated heterocycles. The maximum Gasteiger partial charge on any atom is 0.223 e. The Hall–Kier alpha value is -2.49. The van der Waals surface area contributed by atoms with Crippen LogP contribution >= 0.6 is 0 Å². The number of benzene rings is 1. The lowest BCUT2D eigenvalue weighted by Crippen LogP contribution is -2.04. The molecule has 0 unspecified atom stereocenters. The fraction of sp³-hybridized carbons (Fsp3) is 0.188. The van der Waals surface area contributed by atoms with Crippen molar-refractivity contribution in [3.05, 3.63) is 48.8 Å². The van der Waals surface area contributed by atoms with E-state index in [1.807, 2.05) is 30.5 Å². The van der Waals surface area contributed by atoms with Gasteiger partial charge in [-0.05, 0) is 24.6 Å². The standard InChI is InChI=1S/C16H16N4/c1-2-8-17-16-18-9-7-15(20-16)13-10-12-5-3-4-6-14(12)19-11-13/h3-7,9-11H,2,8H2,1H3,(H,17,18,20). The number of anilines is 1. The molecular weight excluding hydrogens is 248 g/mol. The average Bonchev–Trinajstić information content (AvgIpc) is 2.53. The number of fused-ring (bicyclic) bond motifs is 1. The van der Waals surface area contributed by atoms with Gasteiger partial charge in [0.15, 0.2) is 0 Å². The minimum Gasteiger partial charge on any atom is -0.354 e. The number of pyridine rings is 1. The van der Waals surface area contributed by atoms with Crippen LogP contribution in [0.1, 0.15) is 13.3 Å². The van der Waals surface area contributed by atoms with Gasteiger partial charge in [0.2, 0.25) is 5.95 Å². The summed E-state index contributed by atoms with van der Waals surface area (Å²) in [5, 5.41) is 4.32. The van der Waals surface area contributed by atoms with Crippen molar-refractivity contribution in [3.63, 3.8) is 0 Å². The lowest BCUT2D eigenvalue weighted by atomic mass is 10.1. The van der Waals surface area contributed by atoms with E-state index in [4.69, 9.17) is 0 Å². The maximum absolute atomic E-state index is 4.53. The molecule has 20 heavy (non-hydrogen) atoms. The van der Waals surface area contributed by atoms with Crippen molar-refractivity contribution in [3.8, 4) is 11.3 Å². The summed E-state index contributed by atoms with van der Waals surface area (Å²) in [4.78, 5) is 13.2. The van der Waals surface area contributed by atoms with Crippen molar-refractivity contribution < 1.29 is 0 Å². The smallest absolute Gasteiger partial charge is 0.223 e. The summed E-state index contributed by atoms with van der Waals surface area (Å²) >= 11 is 0. The van der Waals surface area contributed by atoms with Gasteiger partial charge < -0.3 is 5.32 Å². The summed E-state index contributed by atoms with van der Waals surface area (Å²) < 4.78 is 0. The van der Waals surface area contributed by atoms with E-state index in [0.717, 1.165) is 35.1 Å². The van der Waals surface area contributed by atoms with Gasteiger partial charge in [-0.3, -0.25) is 4.98 Å². The molecule has 4 heteroatoms. The van der Waals surface area contributed by atoms with E-state index in [-0.39, 0.29) is 0 Å². The molecule has 1 aromatic carbocycles. The third-order valence-corrected chi connectivity index (χ3v) is 3.07. The summed E-state index contributed by atoms with van der Waals surface area (Å²) in [6.07, 6.45) is 4.68. The number of rotatable bonds is 4. The normalized spacial score (nSPS) is 10.7. The highest BCUT2D eigenvalue weighted by Crippen LogP contribution is 2.21. The number of aromatic nitrogens is 3. The first-order valence-corrected chi connectivity index (χ1v) is 6.79. The van der Waals surface area contributed by atoms with Gasteiger partial charge in [-0.2, -0.15) is 0 Å². The molecule has 3 rings (SSSR count). The van der Waals surface area contributed by atoms with E-state index in [1.165, 1.54) is 0 Å². The number of nitrogens with zero attached hydrogens (tertiary/aromatic N) is 3. The van der Waals surface area contributed by atoms with Crippen LogP contribution in [-0.2, 0) is 0 Å². The Bertz CT molecular complexity index is 724. The van der Waals surface area contributed by atoms with Crippen LogP contribution in [0.3, 0.4) is 0 Å². The summed E-state index contributed by atoms with van der Waals surface area (Å²) in [6.45, 7) is 2.99. The number of hydrogen-bond acceptors (Lipinski definition) is 4. The van der Waals surface area contributed by atoms with Crippen LogP contribution in [0.25, 0.3) is 22.2 Å². The van der Waals surface area contributed by atoms with E-state index >= 15 is 0 Å². The highest BCUT2D eigenvalue weighted by atomic mass is 15.1. The predicted octanol–water partition coefficient (Wildman–Crippen LogP) is 3.51. The van der Waals surface area contributed by atoms with E-state index in [9.17, 15) is 0 Å². The third-order valence-electron chi connectivity index (χ3n) is 3.07. The first-order valence-electron chi connectivity index (χ1n) is 6.79. The molecule has 100 valence electrons. The Kier molecular flexibility index (Phi) is 3.54. The van der Waals surface area contributed by atoms with Gasteiger partial charge in [0.05, 0.1) is 11.2 Å². The first-order chi connectivity index (χ1) is 9.86. The molecule has 4 nitrogen and oxygen atoms in total. The second-order valence-electron chi connectivity index (χ2n) is 4.61. The fourth-order valence-corrected chi connectivity index (χ4v) is 2.05. The maximum atomic E-state index is 4.53. The number of para-hydroxylation sites is 1. The van der Waals surface area contributed by atoms with Crippen LogP contribution in [0.15, 0.2) is 48.8 Å². The number of nitrogens with one attached hydrogen (secondary N) is 1. The highest BCUT2D eigenvalue weighted by Gasteiger charge is 2.03.